The van der Waals surface area contributed by atoms with Crippen LogP contribution in [0.2, 0.25) is 0 Å². The summed E-state index contributed by atoms with van der Waals surface area (Å²) in [5.41, 5.74) is 2.47. The maximum atomic E-state index is 11.1. The first-order valence-electron chi connectivity index (χ1n) is 4.31. The van der Waals surface area contributed by atoms with Crippen LogP contribution in [0.1, 0.15) is 5.69 Å². The summed E-state index contributed by atoms with van der Waals surface area (Å²) in [4.78, 5) is 4.35. The van der Waals surface area contributed by atoms with Crippen molar-refractivity contribution in [3.8, 4) is 0 Å². The lowest BCUT2D eigenvalue weighted by Crippen LogP contribution is -2.03. The van der Waals surface area contributed by atoms with Crippen molar-refractivity contribution < 1.29 is 4.21 Å². The zero-order valence-corrected chi connectivity index (χ0v) is 10.7. The van der Waals surface area contributed by atoms with Gasteiger partial charge in [0.2, 0.25) is 0 Å². The van der Waals surface area contributed by atoms with Crippen LogP contribution in [0.4, 0.5) is 5.69 Å². The predicted molar refractivity (Wildman–Crippen MR) is 65.3 cm³/mol. The van der Waals surface area contributed by atoms with E-state index in [1.807, 2.05) is 29.8 Å². The Morgan fingerprint density at radius 2 is 2.27 bits per heavy atom. The highest BCUT2D eigenvalue weighted by atomic mass is 79.9. The van der Waals surface area contributed by atoms with Gasteiger partial charge in [-0.15, -0.1) is 0 Å². The van der Waals surface area contributed by atoms with E-state index in [2.05, 4.69) is 25.6 Å². The molecule has 2 rings (SSSR count). The molecule has 15 heavy (non-hydrogen) atoms. The van der Waals surface area contributed by atoms with E-state index in [4.69, 9.17) is 0 Å². The highest BCUT2D eigenvalue weighted by Crippen LogP contribution is 2.22. The summed E-state index contributed by atoms with van der Waals surface area (Å²) in [5.74, 6) is 0. The van der Waals surface area contributed by atoms with Crippen LogP contribution in [0.3, 0.4) is 0 Å². The van der Waals surface area contributed by atoms with E-state index in [0.29, 0.717) is 0 Å². The minimum Gasteiger partial charge on any atom is -0.304 e. The summed E-state index contributed by atoms with van der Waals surface area (Å²) in [7, 11) is -1.10. The Labute approximate surface area is 98.4 Å². The highest BCUT2D eigenvalue weighted by molar-refractivity contribution is 9.10. The molecular weight excluding hydrogens is 278 g/mol. The van der Waals surface area contributed by atoms with Gasteiger partial charge >= 0.3 is 0 Å². The van der Waals surface area contributed by atoms with Gasteiger partial charge in [-0.05, 0) is 28.9 Å². The largest absolute Gasteiger partial charge is 0.304 e. The molecule has 0 radical (unpaired) electrons. The summed E-state index contributed by atoms with van der Waals surface area (Å²) < 4.78 is 16.8. The second-order valence-corrected chi connectivity index (χ2v) is 5.27. The standard InChI is InChI=1S/C9H10BrN3OS/c1-6-4-13-5-7(10)3-8(9(13)11-6)12-15(2)14/h3-5,12H,1-2H3. The van der Waals surface area contributed by atoms with Crippen LogP contribution < -0.4 is 4.72 Å². The van der Waals surface area contributed by atoms with Gasteiger partial charge in [0.1, 0.15) is 11.0 Å². The fourth-order valence-corrected chi connectivity index (χ4v) is 2.33. The van der Waals surface area contributed by atoms with Crippen LogP contribution in [0.25, 0.3) is 5.65 Å². The monoisotopic (exact) mass is 287 g/mol. The first-order chi connectivity index (χ1) is 7.06. The smallest absolute Gasteiger partial charge is 0.161 e. The van der Waals surface area contributed by atoms with Crippen molar-refractivity contribution in [3.63, 3.8) is 0 Å². The molecule has 80 valence electrons. The minimum absolute atomic E-state index is 0.762. The quantitative estimate of drug-likeness (QED) is 0.920. The lowest BCUT2D eigenvalue weighted by Gasteiger charge is -2.05. The Morgan fingerprint density at radius 3 is 2.93 bits per heavy atom. The molecule has 6 heteroatoms. The van der Waals surface area contributed by atoms with Gasteiger partial charge in [-0.1, -0.05) is 0 Å². The molecule has 0 aliphatic rings. The number of aromatic nitrogens is 2. The van der Waals surface area contributed by atoms with E-state index in [9.17, 15) is 4.21 Å². The third-order valence-corrected chi connectivity index (χ3v) is 2.83. The van der Waals surface area contributed by atoms with Gasteiger partial charge in [0.15, 0.2) is 5.65 Å². The van der Waals surface area contributed by atoms with Gasteiger partial charge in [0.05, 0.1) is 11.4 Å². The van der Waals surface area contributed by atoms with Crippen LogP contribution in [-0.2, 0) is 11.0 Å². The van der Waals surface area contributed by atoms with E-state index in [-0.39, 0.29) is 0 Å². The first-order valence-corrected chi connectivity index (χ1v) is 6.66. The van der Waals surface area contributed by atoms with Gasteiger partial charge in [-0.25, -0.2) is 9.19 Å². The third kappa shape index (κ3) is 2.21. The van der Waals surface area contributed by atoms with Gasteiger partial charge in [-0.2, -0.15) is 0 Å². The molecule has 0 aliphatic heterocycles. The average Bonchev–Trinajstić information content (AvgIpc) is 2.44. The molecular formula is C9H10BrN3OS. The number of aryl methyl sites for hydroxylation is 1. The molecule has 0 bridgehead atoms. The van der Waals surface area contributed by atoms with Gasteiger partial charge in [0.25, 0.3) is 0 Å². The molecule has 0 saturated heterocycles. The summed E-state index contributed by atoms with van der Waals surface area (Å²) in [6, 6.07) is 1.86. The third-order valence-electron chi connectivity index (χ3n) is 1.89. The number of rotatable bonds is 2. The average molecular weight is 288 g/mol. The van der Waals surface area contributed by atoms with E-state index in [1.54, 1.807) is 6.26 Å². The summed E-state index contributed by atoms with van der Waals surface area (Å²) in [6.45, 7) is 1.92. The Morgan fingerprint density at radius 1 is 1.53 bits per heavy atom. The summed E-state index contributed by atoms with van der Waals surface area (Å²) >= 11 is 3.39. The number of imidazole rings is 1. The molecule has 0 aliphatic carbocycles. The molecule has 2 heterocycles. The number of hydrogen-bond acceptors (Lipinski definition) is 2. The van der Waals surface area contributed by atoms with Crippen LogP contribution >= 0.6 is 15.9 Å². The van der Waals surface area contributed by atoms with E-state index in [1.165, 1.54) is 0 Å². The first kappa shape index (κ1) is 10.6. The predicted octanol–water partition coefficient (Wildman–Crippen LogP) is 2.11. The maximum absolute atomic E-state index is 11.1. The molecule has 1 unspecified atom stereocenters. The van der Waals surface area contributed by atoms with Gasteiger partial charge < -0.3 is 9.12 Å². The Bertz CT molecular complexity index is 537. The summed E-state index contributed by atoms with van der Waals surface area (Å²) in [5, 5.41) is 0. The number of anilines is 1. The number of fused-ring (bicyclic) bond motifs is 1. The van der Waals surface area contributed by atoms with Crippen molar-refractivity contribution >= 4 is 38.3 Å². The highest BCUT2D eigenvalue weighted by Gasteiger charge is 2.06. The molecule has 0 saturated carbocycles. The molecule has 4 nitrogen and oxygen atoms in total. The van der Waals surface area contributed by atoms with Gasteiger partial charge in [-0.3, -0.25) is 0 Å². The van der Waals surface area contributed by atoms with Gasteiger partial charge in [0, 0.05) is 23.1 Å². The van der Waals surface area contributed by atoms with Crippen LogP contribution in [0.5, 0.6) is 0 Å². The zero-order chi connectivity index (χ0) is 11.0. The maximum Gasteiger partial charge on any atom is 0.161 e. The van der Waals surface area contributed by atoms with Crippen LogP contribution in [0, 0.1) is 6.92 Å². The molecule has 0 fully saturated rings. The number of hydrogen-bond donors (Lipinski definition) is 1. The van der Waals surface area contributed by atoms with Crippen LogP contribution in [-0.4, -0.2) is 19.8 Å². The Kier molecular flexibility index (Phi) is 2.79. The number of nitrogens with one attached hydrogen (secondary N) is 1. The second kappa shape index (κ2) is 3.94. The number of nitrogens with zero attached hydrogens (tertiary/aromatic N) is 2. The fraction of sp³-hybridized carbons (Fsp3) is 0.222. The van der Waals surface area contributed by atoms with E-state index >= 15 is 0 Å². The lowest BCUT2D eigenvalue weighted by molar-refractivity contribution is 0.690. The molecule has 2 aromatic heterocycles. The topological polar surface area (TPSA) is 46.4 Å². The summed E-state index contributed by atoms with van der Waals surface area (Å²) in [6.07, 6.45) is 5.43. The number of halogens is 1. The second-order valence-electron chi connectivity index (χ2n) is 3.24. The Balaban J connectivity index is 2.64. The zero-order valence-electron chi connectivity index (χ0n) is 8.32. The fourth-order valence-electron chi connectivity index (χ4n) is 1.42. The molecule has 0 aromatic carbocycles. The van der Waals surface area contributed by atoms with Crippen molar-refractivity contribution in [2.24, 2.45) is 0 Å². The lowest BCUT2D eigenvalue weighted by atomic mass is 10.4. The molecule has 1 atom stereocenters. The van der Waals surface area contributed by atoms with Crippen LogP contribution in [0.15, 0.2) is 22.9 Å². The molecule has 2 aromatic rings. The van der Waals surface area contributed by atoms with Crippen molar-refractivity contribution in [2.45, 2.75) is 6.92 Å². The number of pyridine rings is 1. The molecule has 1 N–H and O–H groups in total. The molecule has 0 spiro atoms. The minimum atomic E-state index is -1.10. The van der Waals surface area contributed by atoms with Crippen molar-refractivity contribution in [1.29, 1.82) is 0 Å². The van der Waals surface area contributed by atoms with Crippen molar-refractivity contribution in [1.82, 2.24) is 9.38 Å². The van der Waals surface area contributed by atoms with Crippen molar-refractivity contribution in [3.05, 3.63) is 28.6 Å². The van der Waals surface area contributed by atoms with E-state index < -0.39 is 11.0 Å². The molecule has 0 amide bonds. The SMILES string of the molecule is Cc1cn2cc(Br)cc(NS(C)=O)c2n1. The van der Waals surface area contributed by atoms with E-state index in [0.717, 1.165) is 21.5 Å². The van der Waals surface area contributed by atoms with Crippen molar-refractivity contribution in [2.75, 3.05) is 11.0 Å². The Hall–Kier alpha value is -0.880. The normalized spacial score (nSPS) is 13.0.